The van der Waals surface area contributed by atoms with Crippen LogP contribution in [0.25, 0.3) is 0 Å². The average Bonchev–Trinajstić information content (AvgIpc) is 2.69. The summed E-state index contributed by atoms with van der Waals surface area (Å²) < 4.78 is 17.1. The van der Waals surface area contributed by atoms with E-state index in [-0.39, 0.29) is 12.5 Å². The Morgan fingerprint density at radius 2 is 1.92 bits per heavy atom. The second kappa shape index (κ2) is 9.13. The number of fused-ring (bicyclic) bond motifs is 1. The van der Waals surface area contributed by atoms with Crippen LogP contribution in [-0.4, -0.2) is 31.8 Å². The number of benzene rings is 2. The molecule has 0 fully saturated rings. The van der Waals surface area contributed by atoms with Crippen molar-refractivity contribution >= 4 is 5.91 Å². The van der Waals surface area contributed by atoms with Crippen molar-refractivity contribution in [1.82, 2.24) is 5.32 Å². The topological polar surface area (TPSA) is 56.8 Å². The Bertz CT molecular complexity index is 731. The number of amides is 1. The third-order valence-electron chi connectivity index (χ3n) is 4.16. The van der Waals surface area contributed by atoms with E-state index in [1.807, 2.05) is 42.5 Å². The summed E-state index contributed by atoms with van der Waals surface area (Å²) in [5.74, 6) is 2.08. The van der Waals surface area contributed by atoms with Gasteiger partial charge in [-0.15, -0.1) is 0 Å². The van der Waals surface area contributed by atoms with Gasteiger partial charge in [0.2, 0.25) is 6.10 Å². The van der Waals surface area contributed by atoms with Gasteiger partial charge < -0.3 is 19.5 Å². The zero-order valence-electron chi connectivity index (χ0n) is 15.1. The van der Waals surface area contributed by atoms with Crippen molar-refractivity contribution in [3.8, 4) is 17.2 Å². The highest BCUT2D eigenvalue weighted by Gasteiger charge is 2.26. The van der Waals surface area contributed by atoms with Crippen molar-refractivity contribution in [1.29, 1.82) is 0 Å². The summed E-state index contributed by atoms with van der Waals surface area (Å²) in [5.41, 5.74) is 1.17. The summed E-state index contributed by atoms with van der Waals surface area (Å²) in [6.45, 7) is 3.63. The summed E-state index contributed by atoms with van der Waals surface area (Å²) in [5, 5.41) is 2.93. The molecular weight excluding hydrogens is 330 g/mol. The molecule has 1 aliphatic rings. The van der Waals surface area contributed by atoms with Gasteiger partial charge in [0, 0.05) is 6.54 Å². The molecule has 1 amide bonds. The van der Waals surface area contributed by atoms with Crippen molar-refractivity contribution in [2.75, 3.05) is 19.8 Å². The standard InChI is InChI=1S/C21H25NO4/c1-2-14-24-17-10-4-3-8-16(17)9-7-13-22-21(23)20-15-25-18-11-5-6-12-19(18)26-20/h3-6,8,10-12,20H,2,7,9,13-15H2,1H3,(H,22,23). The molecule has 1 unspecified atom stereocenters. The lowest BCUT2D eigenvalue weighted by Crippen LogP contribution is -2.44. The van der Waals surface area contributed by atoms with Gasteiger partial charge in [-0.1, -0.05) is 37.3 Å². The first kappa shape index (κ1) is 18.1. The minimum Gasteiger partial charge on any atom is -0.493 e. The molecule has 5 heteroatoms. The van der Waals surface area contributed by atoms with Crippen molar-refractivity contribution in [2.24, 2.45) is 0 Å². The first-order valence-corrected chi connectivity index (χ1v) is 9.15. The predicted molar refractivity (Wildman–Crippen MR) is 99.9 cm³/mol. The maximum atomic E-state index is 12.3. The molecule has 0 spiro atoms. The molecule has 3 rings (SSSR count). The molecular formula is C21H25NO4. The Labute approximate surface area is 154 Å². The second-order valence-corrected chi connectivity index (χ2v) is 6.21. The smallest absolute Gasteiger partial charge is 0.264 e. The zero-order chi connectivity index (χ0) is 18.2. The molecule has 1 N–H and O–H groups in total. The van der Waals surface area contributed by atoms with Crippen LogP contribution >= 0.6 is 0 Å². The summed E-state index contributed by atoms with van der Waals surface area (Å²) in [4.78, 5) is 12.3. The molecule has 1 aliphatic heterocycles. The first-order valence-electron chi connectivity index (χ1n) is 9.15. The quantitative estimate of drug-likeness (QED) is 0.738. The molecule has 0 aromatic heterocycles. The number of rotatable bonds is 8. The molecule has 2 aromatic rings. The van der Waals surface area contributed by atoms with E-state index in [9.17, 15) is 4.79 Å². The van der Waals surface area contributed by atoms with Gasteiger partial charge in [0.25, 0.3) is 5.91 Å². The van der Waals surface area contributed by atoms with Gasteiger partial charge in [-0.3, -0.25) is 4.79 Å². The number of nitrogens with one attached hydrogen (secondary N) is 1. The molecule has 1 heterocycles. The average molecular weight is 355 g/mol. The molecule has 5 nitrogen and oxygen atoms in total. The van der Waals surface area contributed by atoms with E-state index in [0.717, 1.165) is 25.0 Å². The zero-order valence-corrected chi connectivity index (χ0v) is 15.1. The van der Waals surface area contributed by atoms with Crippen LogP contribution in [0.4, 0.5) is 0 Å². The Kier molecular flexibility index (Phi) is 6.36. The number of para-hydroxylation sites is 3. The fraction of sp³-hybridized carbons (Fsp3) is 0.381. The molecule has 0 bridgehead atoms. The largest absolute Gasteiger partial charge is 0.493 e. The lowest BCUT2D eigenvalue weighted by molar-refractivity contribution is -0.130. The van der Waals surface area contributed by atoms with Crippen molar-refractivity contribution < 1.29 is 19.0 Å². The molecule has 2 aromatic carbocycles. The fourth-order valence-corrected chi connectivity index (χ4v) is 2.82. The van der Waals surface area contributed by atoms with Crippen molar-refractivity contribution in [2.45, 2.75) is 32.3 Å². The molecule has 0 saturated heterocycles. The Morgan fingerprint density at radius 3 is 2.77 bits per heavy atom. The lowest BCUT2D eigenvalue weighted by atomic mass is 10.1. The summed E-state index contributed by atoms with van der Waals surface area (Å²) >= 11 is 0. The van der Waals surface area contributed by atoms with Crippen LogP contribution in [0.5, 0.6) is 17.2 Å². The molecule has 0 aliphatic carbocycles. The van der Waals surface area contributed by atoms with Gasteiger partial charge in [-0.05, 0) is 43.0 Å². The highest BCUT2D eigenvalue weighted by Crippen LogP contribution is 2.30. The van der Waals surface area contributed by atoms with Gasteiger partial charge in [0.05, 0.1) is 6.61 Å². The van der Waals surface area contributed by atoms with E-state index in [2.05, 4.69) is 18.3 Å². The normalized spacial score (nSPS) is 15.3. The Balaban J connectivity index is 1.44. The van der Waals surface area contributed by atoms with Gasteiger partial charge in [0.15, 0.2) is 11.5 Å². The van der Waals surface area contributed by atoms with E-state index in [1.54, 1.807) is 0 Å². The monoisotopic (exact) mass is 355 g/mol. The lowest BCUT2D eigenvalue weighted by Gasteiger charge is -2.25. The predicted octanol–water partition coefficient (Wildman–Crippen LogP) is 3.36. The number of carbonyl (C=O) groups excluding carboxylic acids is 1. The van der Waals surface area contributed by atoms with Gasteiger partial charge in [0.1, 0.15) is 12.4 Å². The van der Waals surface area contributed by atoms with Crippen molar-refractivity contribution in [3.05, 3.63) is 54.1 Å². The van der Waals surface area contributed by atoms with Crippen LogP contribution in [0.1, 0.15) is 25.3 Å². The number of aryl methyl sites for hydroxylation is 1. The van der Waals surface area contributed by atoms with Crippen molar-refractivity contribution in [3.63, 3.8) is 0 Å². The van der Waals surface area contributed by atoms with Crippen LogP contribution < -0.4 is 19.5 Å². The number of hydrogen-bond donors (Lipinski definition) is 1. The molecule has 138 valence electrons. The number of carbonyl (C=O) groups is 1. The summed E-state index contributed by atoms with van der Waals surface area (Å²) in [7, 11) is 0. The highest BCUT2D eigenvalue weighted by atomic mass is 16.6. The van der Waals surface area contributed by atoms with E-state index in [4.69, 9.17) is 14.2 Å². The minimum absolute atomic E-state index is 0.143. The molecule has 1 atom stereocenters. The maximum absolute atomic E-state index is 12.3. The van der Waals surface area contributed by atoms with Crippen LogP contribution in [0.2, 0.25) is 0 Å². The highest BCUT2D eigenvalue weighted by molar-refractivity contribution is 5.81. The first-order chi connectivity index (χ1) is 12.8. The van der Waals surface area contributed by atoms with E-state index in [1.165, 1.54) is 5.56 Å². The Hall–Kier alpha value is -2.69. The summed E-state index contributed by atoms with van der Waals surface area (Å²) in [6, 6.07) is 15.4. The maximum Gasteiger partial charge on any atom is 0.264 e. The van der Waals surface area contributed by atoms with Crippen LogP contribution in [0.3, 0.4) is 0 Å². The van der Waals surface area contributed by atoms with Crippen LogP contribution in [0, 0.1) is 0 Å². The fourth-order valence-electron chi connectivity index (χ4n) is 2.82. The van der Waals surface area contributed by atoms with E-state index in [0.29, 0.717) is 24.7 Å². The van der Waals surface area contributed by atoms with Crippen LogP contribution in [0.15, 0.2) is 48.5 Å². The van der Waals surface area contributed by atoms with Gasteiger partial charge in [-0.25, -0.2) is 0 Å². The SMILES string of the molecule is CCCOc1ccccc1CCCNC(=O)C1COc2ccccc2O1. The summed E-state index contributed by atoms with van der Waals surface area (Å²) in [6.07, 6.45) is 2.06. The number of hydrogen-bond acceptors (Lipinski definition) is 4. The molecule has 0 radical (unpaired) electrons. The second-order valence-electron chi connectivity index (χ2n) is 6.21. The van der Waals surface area contributed by atoms with E-state index >= 15 is 0 Å². The number of ether oxygens (including phenoxy) is 3. The Morgan fingerprint density at radius 1 is 1.15 bits per heavy atom. The minimum atomic E-state index is -0.606. The van der Waals surface area contributed by atoms with Crippen LogP contribution in [-0.2, 0) is 11.2 Å². The third kappa shape index (κ3) is 4.69. The molecule has 26 heavy (non-hydrogen) atoms. The van der Waals surface area contributed by atoms with Gasteiger partial charge >= 0.3 is 0 Å². The van der Waals surface area contributed by atoms with Gasteiger partial charge in [-0.2, -0.15) is 0 Å². The molecule has 0 saturated carbocycles. The third-order valence-corrected chi connectivity index (χ3v) is 4.16. The van der Waals surface area contributed by atoms with E-state index < -0.39 is 6.10 Å².